The smallest absolute Gasteiger partial charge is 0.303 e. The Morgan fingerprint density at radius 1 is 1.53 bits per heavy atom. The Labute approximate surface area is 111 Å². The second-order valence-corrected chi connectivity index (χ2v) is 5.20. The summed E-state index contributed by atoms with van der Waals surface area (Å²) in [5, 5.41) is 10.2. The van der Waals surface area contributed by atoms with E-state index in [1.54, 1.807) is 7.11 Å². The van der Waals surface area contributed by atoms with E-state index < -0.39 is 5.97 Å². The number of carboxylic acids is 1. The SMILES string of the molecule is COc1ccc2c(C(CC(=O)O)C3CC3)c[nH]c2c1. The van der Waals surface area contributed by atoms with Gasteiger partial charge in [0.25, 0.3) is 0 Å². The van der Waals surface area contributed by atoms with Crippen molar-refractivity contribution in [3.63, 3.8) is 0 Å². The molecule has 0 amide bonds. The van der Waals surface area contributed by atoms with Gasteiger partial charge in [0.1, 0.15) is 5.75 Å². The van der Waals surface area contributed by atoms with Gasteiger partial charge in [-0.25, -0.2) is 0 Å². The van der Waals surface area contributed by atoms with E-state index >= 15 is 0 Å². The molecule has 1 aliphatic carbocycles. The molecule has 0 saturated heterocycles. The lowest BCUT2D eigenvalue weighted by Crippen LogP contribution is -2.07. The van der Waals surface area contributed by atoms with Crippen LogP contribution in [0.5, 0.6) is 5.75 Å². The monoisotopic (exact) mass is 259 g/mol. The highest BCUT2D eigenvalue weighted by molar-refractivity contribution is 5.85. The van der Waals surface area contributed by atoms with Crippen LogP contribution < -0.4 is 4.74 Å². The molecule has 0 aliphatic heterocycles. The third-order valence-electron chi connectivity index (χ3n) is 3.91. The van der Waals surface area contributed by atoms with Crippen LogP contribution in [-0.2, 0) is 4.79 Å². The molecule has 1 aromatic carbocycles. The molecule has 1 heterocycles. The molecule has 0 spiro atoms. The maximum absolute atomic E-state index is 11.0. The molecule has 100 valence electrons. The summed E-state index contributed by atoms with van der Waals surface area (Å²) in [5.41, 5.74) is 2.13. The van der Waals surface area contributed by atoms with Crippen molar-refractivity contribution in [1.82, 2.24) is 4.98 Å². The summed E-state index contributed by atoms with van der Waals surface area (Å²) in [7, 11) is 1.64. The number of nitrogens with one attached hydrogen (secondary N) is 1. The number of aromatic amines is 1. The van der Waals surface area contributed by atoms with Gasteiger partial charge in [-0.05, 0) is 42.4 Å². The Morgan fingerprint density at radius 3 is 2.95 bits per heavy atom. The Kier molecular flexibility index (Phi) is 2.93. The van der Waals surface area contributed by atoms with Crippen LogP contribution in [0.4, 0.5) is 0 Å². The van der Waals surface area contributed by atoms with Gasteiger partial charge in [0, 0.05) is 23.2 Å². The van der Waals surface area contributed by atoms with Crippen molar-refractivity contribution in [2.75, 3.05) is 7.11 Å². The fourth-order valence-corrected chi connectivity index (χ4v) is 2.78. The van der Waals surface area contributed by atoms with Crippen LogP contribution in [0.25, 0.3) is 10.9 Å². The largest absolute Gasteiger partial charge is 0.497 e. The number of carbonyl (C=O) groups is 1. The molecule has 1 aliphatic rings. The molecular formula is C15H17NO3. The van der Waals surface area contributed by atoms with E-state index in [0.717, 1.165) is 35.1 Å². The second kappa shape index (κ2) is 4.61. The fraction of sp³-hybridized carbons (Fsp3) is 0.400. The third kappa shape index (κ3) is 2.30. The minimum atomic E-state index is -0.722. The van der Waals surface area contributed by atoms with Crippen LogP contribution in [0.2, 0.25) is 0 Å². The van der Waals surface area contributed by atoms with Gasteiger partial charge in [-0.3, -0.25) is 4.79 Å². The first-order valence-electron chi connectivity index (χ1n) is 6.56. The lowest BCUT2D eigenvalue weighted by molar-refractivity contribution is -0.137. The van der Waals surface area contributed by atoms with Gasteiger partial charge in [0.05, 0.1) is 13.5 Å². The molecule has 1 unspecified atom stereocenters. The summed E-state index contributed by atoms with van der Waals surface area (Å²) in [4.78, 5) is 14.3. The van der Waals surface area contributed by atoms with Crippen LogP contribution in [0.1, 0.15) is 30.7 Å². The van der Waals surface area contributed by atoms with Crippen LogP contribution in [0, 0.1) is 5.92 Å². The number of rotatable bonds is 5. The van der Waals surface area contributed by atoms with Crippen LogP contribution in [0.3, 0.4) is 0 Å². The summed E-state index contributed by atoms with van der Waals surface area (Å²) in [5.74, 6) is 0.735. The second-order valence-electron chi connectivity index (χ2n) is 5.20. The number of H-pyrrole nitrogens is 1. The topological polar surface area (TPSA) is 62.3 Å². The molecule has 0 bridgehead atoms. The molecule has 4 heteroatoms. The molecular weight excluding hydrogens is 242 g/mol. The Hall–Kier alpha value is -1.97. The van der Waals surface area contributed by atoms with E-state index in [0.29, 0.717) is 5.92 Å². The molecule has 0 radical (unpaired) electrons. The first kappa shape index (κ1) is 12.1. The van der Waals surface area contributed by atoms with E-state index in [-0.39, 0.29) is 12.3 Å². The molecule has 1 fully saturated rings. The van der Waals surface area contributed by atoms with Crippen LogP contribution in [-0.4, -0.2) is 23.2 Å². The average Bonchev–Trinajstić information content (AvgIpc) is 3.15. The Morgan fingerprint density at radius 2 is 2.32 bits per heavy atom. The summed E-state index contributed by atoms with van der Waals surface area (Å²) in [6.07, 6.45) is 4.45. The minimum Gasteiger partial charge on any atom is -0.497 e. The van der Waals surface area contributed by atoms with Gasteiger partial charge in [0.15, 0.2) is 0 Å². The van der Waals surface area contributed by atoms with Crippen molar-refractivity contribution in [2.45, 2.75) is 25.2 Å². The number of methoxy groups -OCH3 is 1. The van der Waals surface area contributed by atoms with Crippen molar-refractivity contribution in [1.29, 1.82) is 0 Å². The molecule has 1 aromatic heterocycles. The number of benzene rings is 1. The summed E-state index contributed by atoms with van der Waals surface area (Å²) >= 11 is 0. The zero-order valence-electron chi connectivity index (χ0n) is 10.8. The normalized spacial score (nSPS) is 16.5. The Bertz CT molecular complexity index is 613. The fourth-order valence-electron chi connectivity index (χ4n) is 2.78. The quantitative estimate of drug-likeness (QED) is 0.867. The molecule has 4 nitrogen and oxygen atoms in total. The molecule has 1 saturated carbocycles. The van der Waals surface area contributed by atoms with Crippen molar-refractivity contribution in [3.05, 3.63) is 30.0 Å². The maximum atomic E-state index is 11.0. The summed E-state index contributed by atoms with van der Waals surface area (Å²) in [6.45, 7) is 0. The van der Waals surface area contributed by atoms with E-state index in [2.05, 4.69) is 4.98 Å². The number of aliphatic carboxylic acids is 1. The maximum Gasteiger partial charge on any atom is 0.303 e. The van der Waals surface area contributed by atoms with Crippen LogP contribution in [0.15, 0.2) is 24.4 Å². The summed E-state index contributed by atoms with van der Waals surface area (Å²) < 4.78 is 5.20. The molecule has 3 rings (SSSR count). The van der Waals surface area contributed by atoms with Gasteiger partial charge >= 0.3 is 5.97 Å². The average molecular weight is 259 g/mol. The standard InChI is InChI=1S/C15H17NO3/c1-19-10-4-5-11-13(8-16-14(11)6-10)12(7-15(17)18)9-2-3-9/h4-6,8-9,12,16H,2-3,7H2,1H3,(H,17,18). The predicted molar refractivity (Wildman–Crippen MR) is 72.6 cm³/mol. The molecule has 2 N–H and O–H groups in total. The van der Waals surface area contributed by atoms with Crippen molar-refractivity contribution in [2.24, 2.45) is 5.92 Å². The number of carboxylic acid groups (broad SMARTS) is 1. The predicted octanol–water partition coefficient (Wildman–Crippen LogP) is 3.14. The van der Waals surface area contributed by atoms with Gasteiger partial charge in [-0.2, -0.15) is 0 Å². The van der Waals surface area contributed by atoms with Crippen molar-refractivity contribution in [3.8, 4) is 5.75 Å². The van der Waals surface area contributed by atoms with Crippen LogP contribution >= 0.6 is 0 Å². The number of hydrogen-bond acceptors (Lipinski definition) is 2. The summed E-state index contributed by atoms with van der Waals surface area (Å²) in [6, 6.07) is 5.88. The lowest BCUT2D eigenvalue weighted by Gasteiger charge is -2.13. The molecule has 1 atom stereocenters. The van der Waals surface area contributed by atoms with E-state index in [1.165, 1.54) is 0 Å². The van der Waals surface area contributed by atoms with Gasteiger partial charge in [-0.15, -0.1) is 0 Å². The highest BCUT2D eigenvalue weighted by Crippen LogP contribution is 2.46. The number of hydrogen-bond donors (Lipinski definition) is 2. The number of ether oxygens (including phenoxy) is 1. The van der Waals surface area contributed by atoms with Gasteiger partial charge < -0.3 is 14.8 Å². The number of aromatic nitrogens is 1. The zero-order chi connectivity index (χ0) is 13.4. The van der Waals surface area contributed by atoms with E-state index in [4.69, 9.17) is 9.84 Å². The molecule has 19 heavy (non-hydrogen) atoms. The minimum absolute atomic E-state index is 0.125. The highest BCUT2D eigenvalue weighted by Gasteiger charge is 2.34. The van der Waals surface area contributed by atoms with Gasteiger partial charge in [0.2, 0.25) is 0 Å². The first-order chi connectivity index (χ1) is 9.19. The zero-order valence-corrected chi connectivity index (χ0v) is 10.8. The van der Waals surface area contributed by atoms with E-state index in [9.17, 15) is 4.79 Å². The third-order valence-corrected chi connectivity index (χ3v) is 3.91. The first-order valence-corrected chi connectivity index (χ1v) is 6.56. The number of fused-ring (bicyclic) bond motifs is 1. The highest BCUT2D eigenvalue weighted by atomic mass is 16.5. The van der Waals surface area contributed by atoms with Gasteiger partial charge in [-0.1, -0.05) is 0 Å². The lowest BCUT2D eigenvalue weighted by atomic mass is 9.91. The van der Waals surface area contributed by atoms with E-state index in [1.807, 2.05) is 24.4 Å². The van der Waals surface area contributed by atoms with Crippen molar-refractivity contribution >= 4 is 16.9 Å². The Balaban J connectivity index is 2.00. The van der Waals surface area contributed by atoms with Crippen molar-refractivity contribution < 1.29 is 14.6 Å². The molecule has 2 aromatic rings.